The van der Waals surface area contributed by atoms with Gasteiger partial charge >= 0.3 is 5.69 Å². The largest absolute Gasteiger partial charge is 0.471 e. The molecule has 0 aliphatic heterocycles. The van der Waals surface area contributed by atoms with Crippen LogP contribution in [0, 0.1) is 10.1 Å². The Balaban J connectivity index is 1.32. The lowest BCUT2D eigenvalue weighted by molar-refractivity contribution is -0.385. The predicted octanol–water partition coefficient (Wildman–Crippen LogP) is 3.98. The van der Waals surface area contributed by atoms with Gasteiger partial charge in [-0.2, -0.15) is 10.2 Å². The van der Waals surface area contributed by atoms with E-state index in [1.54, 1.807) is 59.4 Å². The number of amides is 1. The number of aromatic nitrogens is 4. The summed E-state index contributed by atoms with van der Waals surface area (Å²) in [4.78, 5) is 22.7. The molecule has 1 N–H and O–H groups in total. The SMILES string of the molecule is O=C(Nc1cnn(COc2cccc(Cl)c2)c1)c1ccc(Cn2cc([N+](=O)[O-])cn2)cc1. The molecular weight excluding hydrogens is 436 g/mol. The number of nitrogens with zero attached hydrogens (tertiary/aromatic N) is 5. The first kappa shape index (κ1) is 21.1. The second-order valence-electron chi connectivity index (χ2n) is 6.80. The Kier molecular flexibility index (Phi) is 6.13. The first-order chi connectivity index (χ1) is 15.5. The second-order valence-corrected chi connectivity index (χ2v) is 7.24. The summed E-state index contributed by atoms with van der Waals surface area (Å²) in [6, 6.07) is 13.9. The van der Waals surface area contributed by atoms with Crippen molar-refractivity contribution in [3.63, 3.8) is 0 Å². The van der Waals surface area contributed by atoms with Gasteiger partial charge in [0.15, 0.2) is 6.73 Å². The molecule has 2 heterocycles. The molecule has 1 amide bonds. The maximum absolute atomic E-state index is 12.5. The number of anilines is 1. The minimum absolute atomic E-state index is 0.0699. The number of rotatable bonds is 8. The van der Waals surface area contributed by atoms with E-state index < -0.39 is 4.92 Å². The molecule has 0 unspecified atom stereocenters. The monoisotopic (exact) mass is 452 g/mol. The lowest BCUT2D eigenvalue weighted by Crippen LogP contribution is -2.12. The topological polar surface area (TPSA) is 117 Å². The molecule has 11 heteroatoms. The van der Waals surface area contributed by atoms with Crippen LogP contribution in [0.15, 0.2) is 73.3 Å². The van der Waals surface area contributed by atoms with Crippen molar-refractivity contribution in [1.82, 2.24) is 19.6 Å². The molecule has 0 atom stereocenters. The summed E-state index contributed by atoms with van der Waals surface area (Å²) in [6.45, 7) is 0.519. The van der Waals surface area contributed by atoms with Gasteiger partial charge in [0.1, 0.15) is 18.1 Å². The van der Waals surface area contributed by atoms with Crippen LogP contribution in [0.2, 0.25) is 5.02 Å². The molecule has 10 nitrogen and oxygen atoms in total. The molecule has 0 fully saturated rings. The molecule has 0 bridgehead atoms. The van der Waals surface area contributed by atoms with Crippen LogP contribution in [-0.4, -0.2) is 30.4 Å². The summed E-state index contributed by atoms with van der Waals surface area (Å²) in [5.41, 5.74) is 1.77. The van der Waals surface area contributed by atoms with Crippen molar-refractivity contribution in [1.29, 1.82) is 0 Å². The fraction of sp³-hybridized carbons (Fsp3) is 0.0952. The van der Waals surface area contributed by atoms with Gasteiger partial charge in [-0.1, -0.05) is 29.8 Å². The molecule has 4 rings (SSSR count). The summed E-state index contributed by atoms with van der Waals surface area (Å²) in [5, 5.41) is 22.2. The first-order valence-corrected chi connectivity index (χ1v) is 9.82. The van der Waals surface area contributed by atoms with Gasteiger partial charge in [-0.05, 0) is 35.9 Å². The quantitative estimate of drug-likeness (QED) is 0.319. The summed E-state index contributed by atoms with van der Waals surface area (Å²) >= 11 is 5.93. The fourth-order valence-electron chi connectivity index (χ4n) is 2.88. The lowest BCUT2D eigenvalue weighted by Gasteiger charge is -2.06. The smallest absolute Gasteiger partial charge is 0.307 e. The van der Waals surface area contributed by atoms with Crippen molar-refractivity contribution in [3.8, 4) is 5.75 Å². The zero-order valence-corrected chi connectivity index (χ0v) is 17.3. The van der Waals surface area contributed by atoms with Crippen molar-refractivity contribution >= 4 is 28.9 Å². The number of hydrogen-bond donors (Lipinski definition) is 1. The number of hydrogen-bond acceptors (Lipinski definition) is 6. The maximum Gasteiger partial charge on any atom is 0.307 e. The van der Waals surface area contributed by atoms with Gasteiger partial charge < -0.3 is 10.1 Å². The third kappa shape index (κ3) is 5.29. The average molecular weight is 453 g/mol. The van der Waals surface area contributed by atoms with Crippen molar-refractivity contribution in [2.75, 3.05) is 5.32 Å². The molecule has 0 saturated carbocycles. The third-order valence-electron chi connectivity index (χ3n) is 4.44. The van der Waals surface area contributed by atoms with Gasteiger partial charge in [0, 0.05) is 10.6 Å². The van der Waals surface area contributed by atoms with Gasteiger partial charge in [-0.15, -0.1) is 0 Å². The van der Waals surface area contributed by atoms with Crippen molar-refractivity contribution in [2.24, 2.45) is 0 Å². The Labute approximate surface area is 187 Å². The highest BCUT2D eigenvalue weighted by Crippen LogP contribution is 2.18. The molecule has 162 valence electrons. The van der Waals surface area contributed by atoms with E-state index in [0.29, 0.717) is 28.6 Å². The second kappa shape index (κ2) is 9.31. The maximum atomic E-state index is 12.5. The fourth-order valence-corrected chi connectivity index (χ4v) is 3.06. The van der Waals surface area contributed by atoms with Crippen LogP contribution < -0.4 is 10.1 Å². The molecule has 0 spiro atoms. The summed E-state index contributed by atoms with van der Waals surface area (Å²) in [5.74, 6) is 0.324. The number of benzene rings is 2. The Morgan fingerprint density at radius 1 is 1.09 bits per heavy atom. The first-order valence-electron chi connectivity index (χ1n) is 9.44. The molecule has 2 aromatic carbocycles. The molecule has 4 aromatic rings. The number of ether oxygens (including phenoxy) is 1. The number of carbonyl (C=O) groups excluding carboxylic acids is 1. The van der Waals surface area contributed by atoms with Crippen LogP contribution in [-0.2, 0) is 13.3 Å². The van der Waals surface area contributed by atoms with Gasteiger partial charge in [0.2, 0.25) is 0 Å². The molecule has 0 saturated heterocycles. The Morgan fingerprint density at radius 3 is 2.59 bits per heavy atom. The van der Waals surface area contributed by atoms with Gasteiger partial charge in [0.25, 0.3) is 5.91 Å². The van der Waals surface area contributed by atoms with E-state index in [1.165, 1.54) is 23.3 Å². The van der Waals surface area contributed by atoms with Gasteiger partial charge in [0.05, 0.1) is 29.5 Å². The van der Waals surface area contributed by atoms with E-state index in [0.717, 1.165) is 5.56 Å². The van der Waals surface area contributed by atoms with E-state index in [-0.39, 0.29) is 18.3 Å². The van der Waals surface area contributed by atoms with E-state index in [1.807, 2.05) is 0 Å². The highest BCUT2D eigenvalue weighted by molar-refractivity contribution is 6.30. The highest BCUT2D eigenvalue weighted by atomic mass is 35.5. The zero-order chi connectivity index (χ0) is 22.5. The van der Waals surface area contributed by atoms with Crippen LogP contribution in [0.4, 0.5) is 11.4 Å². The van der Waals surface area contributed by atoms with Crippen LogP contribution in [0.1, 0.15) is 15.9 Å². The van der Waals surface area contributed by atoms with E-state index in [9.17, 15) is 14.9 Å². The van der Waals surface area contributed by atoms with Crippen molar-refractivity contribution in [3.05, 3.63) is 99.6 Å². The van der Waals surface area contributed by atoms with Crippen LogP contribution >= 0.6 is 11.6 Å². The minimum Gasteiger partial charge on any atom is -0.471 e. The standard InChI is InChI=1S/C21H17ClN6O4/c22-17-2-1-3-20(8-17)32-14-27-12-18(9-23-27)25-21(29)16-6-4-15(5-7-16)11-26-13-19(10-24-26)28(30)31/h1-10,12-13H,11,14H2,(H,25,29). The van der Waals surface area contributed by atoms with Crippen molar-refractivity contribution in [2.45, 2.75) is 13.3 Å². The summed E-state index contributed by atoms with van der Waals surface area (Å²) in [7, 11) is 0. The Morgan fingerprint density at radius 2 is 1.88 bits per heavy atom. The summed E-state index contributed by atoms with van der Waals surface area (Å²) < 4.78 is 8.62. The van der Waals surface area contributed by atoms with Crippen LogP contribution in [0.5, 0.6) is 5.75 Å². The molecule has 0 aliphatic carbocycles. The molecule has 0 aliphatic rings. The van der Waals surface area contributed by atoms with Crippen LogP contribution in [0.3, 0.4) is 0 Å². The number of nitrogens with one attached hydrogen (secondary N) is 1. The van der Waals surface area contributed by atoms with Gasteiger partial charge in [-0.3, -0.25) is 19.6 Å². The summed E-state index contributed by atoms with van der Waals surface area (Å²) in [6.07, 6.45) is 5.73. The Hall–Kier alpha value is -4.18. The normalized spacial score (nSPS) is 10.7. The predicted molar refractivity (Wildman–Crippen MR) is 117 cm³/mol. The van der Waals surface area contributed by atoms with E-state index >= 15 is 0 Å². The zero-order valence-electron chi connectivity index (χ0n) is 16.6. The highest BCUT2D eigenvalue weighted by Gasteiger charge is 2.11. The molecule has 32 heavy (non-hydrogen) atoms. The molecular formula is C21H17ClN6O4. The van der Waals surface area contributed by atoms with Gasteiger partial charge in [-0.25, -0.2) is 4.68 Å². The number of halogens is 1. The molecule has 0 radical (unpaired) electrons. The van der Waals surface area contributed by atoms with Crippen LogP contribution in [0.25, 0.3) is 0 Å². The Bertz CT molecular complexity index is 1250. The molecule has 2 aromatic heterocycles. The lowest BCUT2D eigenvalue weighted by atomic mass is 10.1. The van der Waals surface area contributed by atoms with E-state index in [4.69, 9.17) is 16.3 Å². The number of carbonyl (C=O) groups is 1. The third-order valence-corrected chi connectivity index (χ3v) is 4.68. The van der Waals surface area contributed by atoms with Crippen molar-refractivity contribution < 1.29 is 14.5 Å². The van der Waals surface area contributed by atoms with E-state index in [2.05, 4.69) is 15.5 Å². The average Bonchev–Trinajstić information content (AvgIpc) is 3.42. The minimum atomic E-state index is -0.498. The number of nitro groups is 1.